The molecule has 0 aliphatic carbocycles. The van der Waals surface area contributed by atoms with Crippen molar-refractivity contribution in [3.05, 3.63) is 28.2 Å². The van der Waals surface area contributed by atoms with Gasteiger partial charge in [0.2, 0.25) is 0 Å². The van der Waals surface area contributed by atoms with E-state index in [1.807, 2.05) is 12.1 Å². The van der Waals surface area contributed by atoms with Crippen molar-refractivity contribution in [3.8, 4) is 11.8 Å². The van der Waals surface area contributed by atoms with Gasteiger partial charge in [-0.15, -0.1) is 0 Å². The van der Waals surface area contributed by atoms with Gasteiger partial charge >= 0.3 is 0 Å². The minimum absolute atomic E-state index is 0.0623. The molecule has 14 heavy (non-hydrogen) atoms. The third-order valence-electron chi connectivity index (χ3n) is 1.84. The third-order valence-corrected chi connectivity index (χ3v) is 2.33. The van der Waals surface area contributed by atoms with Gasteiger partial charge < -0.3 is 9.84 Å². The van der Waals surface area contributed by atoms with Gasteiger partial charge in [-0.25, -0.2) is 0 Å². The van der Waals surface area contributed by atoms with E-state index >= 15 is 0 Å². The number of ether oxygens (including phenoxy) is 1. The van der Waals surface area contributed by atoms with Crippen molar-refractivity contribution >= 4 is 15.9 Å². The van der Waals surface area contributed by atoms with Gasteiger partial charge in [-0.2, -0.15) is 5.26 Å². The van der Waals surface area contributed by atoms with Gasteiger partial charge in [-0.05, 0) is 18.2 Å². The summed E-state index contributed by atoms with van der Waals surface area (Å²) >= 11 is 3.30. The molecule has 4 heteroatoms. The van der Waals surface area contributed by atoms with Crippen LogP contribution in [0.5, 0.6) is 5.75 Å². The lowest BCUT2D eigenvalue weighted by Crippen LogP contribution is -1.99. The van der Waals surface area contributed by atoms with E-state index in [4.69, 9.17) is 10.00 Å². The summed E-state index contributed by atoms with van der Waals surface area (Å²) in [6.07, 6.45) is -0.736. The molecule has 0 aromatic heterocycles. The smallest absolute Gasteiger partial charge is 0.124 e. The number of benzene rings is 1. The van der Waals surface area contributed by atoms with Crippen molar-refractivity contribution in [1.29, 1.82) is 5.26 Å². The second kappa shape index (κ2) is 4.99. The van der Waals surface area contributed by atoms with Crippen molar-refractivity contribution < 1.29 is 9.84 Å². The van der Waals surface area contributed by atoms with Crippen LogP contribution in [0.25, 0.3) is 0 Å². The van der Waals surface area contributed by atoms with Crippen molar-refractivity contribution in [2.24, 2.45) is 0 Å². The zero-order chi connectivity index (χ0) is 10.6. The van der Waals surface area contributed by atoms with Gasteiger partial charge in [0.15, 0.2) is 0 Å². The Morgan fingerprint density at radius 2 is 2.36 bits per heavy atom. The Kier molecular flexibility index (Phi) is 3.93. The van der Waals surface area contributed by atoms with Crippen LogP contribution in [0.2, 0.25) is 0 Å². The van der Waals surface area contributed by atoms with Gasteiger partial charge in [0, 0.05) is 10.0 Å². The van der Waals surface area contributed by atoms with E-state index in [0.29, 0.717) is 11.3 Å². The van der Waals surface area contributed by atoms with Crippen LogP contribution in [0.15, 0.2) is 22.7 Å². The Bertz CT molecular complexity index is 360. The fraction of sp³-hybridized carbons (Fsp3) is 0.300. The number of rotatable bonds is 3. The van der Waals surface area contributed by atoms with E-state index < -0.39 is 6.10 Å². The SMILES string of the molecule is COc1ccc(Br)cc1C(O)CC#N. The number of methoxy groups -OCH3 is 1. The summed E-state index contributed by atoms with van der Waals surface area (Å²) in [5, 5.41) is 18.1. The number of aliphatic hydroxyl groups is 1. The molecular weight excluding hydrogens is 246 g/mol. The summed E-state index contributed by atoms with van der Waals surface area (Å²) in [6, 6.07) is 7.24. The summed E-state index contributed by atoms with van der Waals surface area (Å²) in [6.45, 7) is 0. The molecule has 3 nitrogen and oxygen atoms in total. The van der Waals surface area contributed by atoms with Crippen LogP contribution in [0, 0.1) is 11.3 Å². The van der Waals surface area contributed by atoms with Crippen LogP contribution in [0.1, 0.15) is 18.1 Å². The van der Waals surface area contributed by atoms with Crippen molar-refractivity contribution in [3.63, 3.8) is 0 Å². The third kappa shape index (κ3) is 2.47. The van der Waals surface area contributed by atoms with E-state index in [1.165, 1.54) is 7.11 Å². The fourth-order valence-corrected chi connectivity index (χ4v) is 1.54. The topological polar surface area (TPSA) is 53.2 Å². The molecule has 0 fully saturated rings. The fourth-order valence-electron chi connectivity index (χ4n) is 1.16. The normalized spacial score (nSPS) is 11.9. The standard InChI is InChI=1S/C10H10BrNO2/c1-14-10-3-2-7(11)6-8(10)9(13)4-5-12/h2-3,6,9,13H,4H2,1H3. The van der Waals surface area contributed by atoms with Crippen molar-refractivity contribution in [1.82, 2.24) is 0 Å². The van der Waals surface area contributed by atoms with E-state index in [9.17, 15) is 5.11 Å². The Morgan fingerprint density at radius 3 is 2.93 bits per heavy atom. The predicted molar refractivity (Wildman–Crippen MR) is 55.9 cm³/mol. The maximum Gasteiger partial charge on any atom is 0.124 e. The average Bonchev–Trinajstić information content (AvgIpc) is 2.18. The highest BCUT2D eigenvalue weighted by molar-refractivity contribution is 9.10. The van der Waals surface area contributed by atoms with Gasteiger partial charge in [-0.1, -0.05) is 15.9 Å². The lowest BCUT2D eigenvalue weighted by Gasteiger charge is -2.12. The zero-order valence-corrected chi connectivity index (χ0v) is 9.28. The Hall–Kier alpha value is -1.05. The maximum absolute atomic E-state index is 9.63. The number of hydrogen-bond donors (Lipinski definition) is 1. The molecule has 0 radical (unpaired) electrons. The summed E-state index contributed by atoms with van der Waals surface area (Å²) < 4.78 is 5.93. The van der Waals surface area contributed by atoms with Crippen LogP contribution in [-0.4, -0.2) is 12.2 Å². The molecule has 1 atom stereocenters. The predicted octanol–water partition coefficient (Wildman–Crippen LogP) is 2.40. The van der Waals surface area contributed by atoms with E-state index in [2.05, 4.69) is 15.9 Å². The molecule has 0 saturated heterocycles. The molecule has 1 aromatic rings. The van der Waals surface area contributed by atoms with E-state index in [1.54, 1.807) is 12.1 Å². The molecule has 1 N–H and O–H groups in total. The van der Waals surface area contributed by atoms with Crippen LogP contribution in [-0.2, 0) is 0 Å². The quantitative estimate of drug-likeness (QED) is 0.903. The van der Waals surface area contributed by atoms with Gasteiger partial charge in [-0.3, -0.25) is 0 Å². The molecule has 0 spiro atoms. The average molecular weight is 256 g/mol. The highest BCUT2D eigenvalue weighted by Gasteiger charge is 2.12. The van der Waals surface area contributed by atoms with Crippen LogP contribution >= 0.6 is 15.9 Å². The molecule has 1 aromatic carbocycles. The lowest BCUT2D eigenvalue weighted by molar-refractivity contribution is 0.179. The molecule has 0 amide bonds. The number of aliphatic hydroxyl groups excluding tert-OH is 1. The van der Waals surface area contributed by atoms with Crippen molar-refractivity contribution in [2.45, 2.75) is 12.5 Å². The number of halogens is 1. The van der Waals surface area contributed by atoms with Gasteiger partial charge in [0.25, 0.3) is 0 Å². The highest BCUT2D eigenvalue weighted by Crippen LogP contribution is 2.29. The first-order chi connectivity index (χ1) is 6.69. The molecule has 0 aliphatic rings. The number of nitrogens with zero attached hydrogens (tertiary/aromatic N) is 1. The second-order valence-corrected chi connectivity index (χ2v) is 3.68. The first kappa shape index (κ1) is 11.0. The maximum atomic E-state index is 9.63. The van der Waals surface area contributed by atoms with E-state index in [-0.39, 0.29) is 6.42 Å². The summed E-state index contributed by atoms with van der Waals surface area (Å²) in [4.78, 5) is 0. The molecule has 0 bridgehead atoms. The monoisotopic (exact) mass is 255 g/mol. The minimum atomic E-state index is -0.799. The second-order valence-electron chi connectivity index (χ2n) is 2.76. The molecule has 0 heterocycles. The van der Waals surface area contributed by atoms with Crippen molar-refractivity contribution in [2.75, 3.05) is 7.11 Å². The Labute approximate surface area is 91.1 Å². The van der Waals surface area contributed by atoms with E-state index in [0.717, 1.165) is 4.47 Å². The largest absolute Gasteiger partial charge is 0.496 e. The van der Waals surface area contributed by atoms with Crippen LogP contribution < -0.4 is 4.74 Å². The number of hydrogen-bond acceptors (Lipinski definition) is 3. The summed E-state index contributed by atoms with van der Waals surface area (Å²) in [7, 11) is 1.53. The highest BCUT2D eigenvalue weighted by atomic mass is 79.9. The summed E-state index contributed by atoms with van der Waals surface area (Å²) in [5.41, 5.74) is 0.628. The Morgan fingerprint density at radius 1 is 1.64 bits per heavy atom. The molecule has 0 aliphatic heterocycles. The molecule has 0 saturated carbocycles. The van der Waals surface area contributed by atoms with Crippen LogP contribution in [0.4, 0.5) is 0 Å². The lowest BCUT2D eigenvalue weighted by atomic mass is 10.1. The zero-order valence-electron chi connectivity index (χ0n) is 7.70. The van der Waals surface area contributed by atoms with Gasteiger partial charge in [0.1, 0.15) is 5.75 Å². The van der Waals surface area contributed by atoms with Gasteiger partial charge in [0.05, 0.1) is 25.7 Å². The minimum Gasteiger partial charge on any atom is -0.496 e. The first-order valence-corrected chi connectivity index (χ1v) is 4.86. The molecule has 1 rings (SSSR count). The molecular formula is C10H10BrNO2. The molecule has 74 valence electrons. The van der Waals surface area contributed by atoms with Crippen LogP contribution in [0.3, 0.4) is 0 Å². The number of nitriles is 1. The summed E-state index contributed by atoms with van der Waals surface area (Å²) in [5.74, 6) is 0.593. The Balaban J connectivity index is 3.04. The molecule has 1 unspecified atom stereocenters. The first-order valence-electron chi connectivity index (χ1n) is 4.07.